The molecule has 47 heteroatoms. The summed E-state index contributed by atoms with van der Waals surface area (Å²) < 4.78 is 213. The molecule has 1 aliphatic heterocycles. The molecular weight excluding hydrogens is 1580 g/mol. The molecule has 0 aromatic carbocycles. The first-order chi connectivity index (χ1) is 55.7. The van der Waals surface area contributed by atoms with Gasteiger partial charge >= 0.3 is 24.7 Å². The van der Waals surface area contributed by atoms with Crippen molar-refractivity contribution >= 4 is 69.8 Å². The number of fused-ring (bicyclic) bond motifs is 1. The zero-order valence-corrected chi connectivity index (χ0v) is 63.1. The van der Waals surface area contributed by atoms with Crippen LogP contribution < -0.4 is 42.5 Å². The number of aryl methyl sites for hydroxylation is 2. The fourth-order valence-corrected chi connectivity index (χ4v) is 13.5. The topological polar surface area (TPSA) is 350 Å². The van der Waals surface area contributed by atoms with E-state index in [1.165, 1.54) is 32.0 Å². The second kappa shape index (κ2) is 34.0. The van der Waals surface area contributed by atoms with Crippen LogP contribution in [-0.2, 0) is 31.2 Å². The van der Waals surface area contributed by atoms with Crippen LogP contribution in [0.25, 0.3) is 0 Å². The summed E-state index contributed by atoms with van der Waals surface area (Å²) in [4.78, 5) is 34.9. The molecule has 3 saturated carbocycles. The Kier molecular flexibility index (Phi) is 24.0. The minimum atomic E-state index is -4.78. The number of nitrogens with zero attached hydrogens (tertiary/aromatic N) is 23. The van der Waals surface area contributed by atoms with Crippen molar-refractivity contribution in [3.63, 3.8) is 0 Å². The van der Waals surface area contributed by atoms with Gasteiger partial charge in [-0.25, -0.2) is 38.1 Å². The Morgan fingerprint density at radius 3 is 1.39 bits per heavy atom. The van der Waals surface area contributed by atoms with E-state index in [2.05, 4.69) is 118 Å². The van der Waals surface area contributed by atoms with Crippen LogP contribution in [-0.4, -0.2) is 146 Å². The molecule has 12 aromatic rings. The van der Waals surface area contributed by atoms with E-state index in [0.717, 1.165) is 98.6 Å². The van der Waals surface area contributed by atoms with E-state index in [4.69, 9.17) is 4.42 Å². The first kappa shape index (κ1) is 82.3. The SMILES string of the molecule is CCNc1nc(Nc2cn(C3CC(c4cocn4)C3)nc2C)ncc1C(F)(F)F.CCNc1nc(Nc2cnn(C3CCn4nccc43)c2C)ncc1C(F)(F)F.CNc1nc(Nc2cnn(C3CC(n4cc(F)cn4)C3)c2C)ncc1C(F)(F)F.Cc1c(Nc2ncc(C(F)(F)F)c(NCC(F)F)n2)cnn1C1CC(n2cccn2)C1. The van der Waals surface area contributed by atoms with E-state index in [9.17, 15) is 65.9 Å². The van der Waals surface area contributed by atoms with Crippen molar-refractivity contribution in [2.75, 3.05) is 69.2 Å². The zero-order chi connectivity index (χ0) is 83.4. The van der Waals surface area contributed by atoms with Crippen LogP contribution in [0.2, 0.25) is 0 Å². The fourth-order valence-electron chi connectivity index (χ4n) is 13.5. The summed E-state index contributed by atoms with van der Waals surface area (Å²) in [5.41, 5.74) is 3.59. The van der Waals surface area contributed by atoms with E-state index >= 15 is 0 Å². The molecule has 0 spiro atoms. The van der Waals surface area contributed by atoms with E-state index in [1.807, 2.05) is 85.6 Å². The number of hydrogen-bond acceptors (Lipinski definition) is 25. The maximum atomic E-state index is 13.1. The van der Waals surface area contributed by atoms with Gasteiger partial charge in [0.1, 0.15) is 51.8 Å². The molecule has 16 rings (SSSR count). The molecule has 13 heterocycles. The highest BCUT2D eigenvalue weighted by molar-refractivity contribution is 5.62. The first-order valence-electron chi connectivity index (χ1n) is 36.5. The molecule has 1 unspecified atom stereocenters. The van der Waals surface area contributed by atoms with E-state index in [-0.39, 0.29) is 77.3 Å². The number of nitrogens with one attached hydrogen (secondary N) is 8. The molecule has 0 radical (unpaired) electrons. The number of hydrogen-bond donors (Lipinski definition) is 8. The van der Waals surface area contributed by atoms with Gasteiger partial charge in [0.05, 0.1) is 131 Å². The van der Waals surface area contributed by atoms with Gasteiger partial charge in [0, 0.05) is 82.2 Å². The van der Waals surface area contributed by atoms with Gasteiger partial charge in [-0.2, -0.15) is 108 Å². The third kappa shape index (κ3) is 18.8. The van der Waals surface area contributed by atoms with Gasteiger partial charge in [-0.1, -0.05) is 0 Å². The highest BCUT2D eigenvalue weighted by Gasteiger charge is 2.42. The van der Waals surface area contributed by atoms with Gasteiger partial charge in [0.25, 0.3) is 6.43 Å². The molecule has 0 bridgehead atoms. The summed E-state index contributed by atoms with van der Waals surface area (Å²) >= 11 is 0. The zero-order valence-electron chi connectivity index (χ0n) is 63.1. The Morgan fingerprint density at radius 2 is 0.949 bits per heavy atom. The standard InChI is InChI=1S/C18H19F5N8.C18H20F3N7O.C17H18F4N8.C17H19F3N8/c1-10-14(8-27-31(10)12-5-11(6-12)30-4-2-3-26-30)28-17-25-7-13(18(21,22)23)16(29-17)24-9-15(19)20;1-3-22-16-13(18(19,20)21)6-23-17(26-16)25-14-7-28(27-10(14)2)12-4-11(5-12)15-8-29-9-24-15;1-9-14(26-16-23-6-13(17(19,20)21)15(22-2)27-16)7-25-29(9)12-3-11(4-12)28-8-10(18)5-24-28;1-3-21-15-11(17(18,19)20)8-22-16(26-15)25-12-9-24-28(10(12)2)14-5-7-27-13(14)4-6-23-27/h2-4,7-8,11-12,15H,5-6,9H2,1H3,(H2,24,25,28,29);6-9,11-12H,3-5H2,1-2H3,(H2,22,23,25,26);5-8,11-12H,3-4H2,1-2H3,(H2,22,23,26,27);4,6,8-9,14H,3,5,7H2,1-2H3,(H2,21,22,25,26). The van der Waals surface area contributed by atoms with Gasteiger partial charge in [-0.05, 0) is 98.6 Å². The van der Waals surface area contributed by atoms with Gasteiger partial charge in [0.15, 0.2) is 12.2 Å². The molecule has 3 aliphatic carbocycles. The van der Waals surface area contributed by atoms with Crippen molar-refractivity contribution in [3.8, 4) is 0 Å². The summed E-state index contributed by atoms with van der Waals surface area (Å²) in [6.07, 6.45) is 5.12. The largest absolute Gasteiger partial charge is 0.451 e. The molecular formula is C70H76F15N31O. The average Bonchev–Trinajstić information content (AvgIpc) is 1.66. The predicted octanol–water partition coefficient (Wildman–Crippen LogP) is 15.5. The molecule has 117 heavy (non-hydrogen) atoms. The minimum Gasteiger partial charge on any atom is -0.451 e. The number of aromatic nitrogens is 23. The Hall–Kier alpha value is -12.7. The molecule has 0 amide bonds. The third-order valence-corrected chi connectivity index (χ3v) is 19.8. The van der Waals surface area contributed by atoms with Crippen molar-refractivity contribution in [2.45, 2.75) is 166 Å². The average molecular weight is 1650 g/mol. The minimum absolute atomic E-state index is 0.0310. The lowest BCUT2D eigenvalue weighted by Gasteiger charge is -2.36. The normalized spacial score (nSPS) is 18.3. The molecule has 12 aromatic heterocycles. The van der Waals surface area contributed by atoms with Crippen molar-refractivity contribution in [1.29, 1.82) is 0 Å². The van der Waals surface area contributed by atoms with Crippen LogP contribution >= 0.6 is 0 Å². The Bertz CT molecular complexity index is 5310. The lowest BCUT2D eigenvalue weighted by atomic mass is 9.78. The van der Waals surface area contributed by atoms with Gasteiger partial charge in [-0.15, -0.1) is 0 Å². The third-order valence-electron chi connectivity index (χ3n) is 19.8. The van der Waals surface area contributed by atoms with E-state index in [0.29, 0.717) is 59.7 Å². The summed E-state index contributed by atoms with van der Waals surface area (Å²) in [6, 6.07) is 4.84. The van der Waals surface area contributed by atoms with Crippen molar-refractivity contribution in [2.24, 2.45) is 0 Å². The molecule has 3 fully saturated rings. The monoisotopic (exact) mass is 1650 g/mol. The molecule has 622 valence electrons. The Morgan fingerprint density at radius 1 is 0.487 bits per heavy atom. The predicted molar refractivity (Wildman–Crippen MR) is 393 cm³/mol. The first-order valence-corrected chi connectivity index (χ1v) is 36.5. The number of anilines is 12. The van der Waals surface area contributed by atoms with E-state index < -0.39 is 65.7 Å². The lowest BCUT2D eigenvalue weighted by Crippen LogP contribution is -2.30. The number of oxazole rings is 1. The molecule has 0 saturated heterocycles. The Balaban J connectivity index is 0.000000136. The van der Waals surface area contributed by atoms with Crippen molar-refractivity contribution in [3.05, 3.63) is 168 Å². The number of alkyl halides is 14. The second-order valence-electron chi connectivity index (χ2n) is 27.5. The molecule has 1 atom stereocenters. The fraction of sp³-hybridized carbons (Fsp3) is 0.429. The summed E-state index contributed by atoms with van der Waals surface area (Å²) in [5, 5.41) is 51.6. The molecule has 4 aliphatic rings. The lowest BCUT2D eigenvalue weighted by molar-refractivity contribution is -0.138. The molecule has 32 nitrogen and oxygen atoms in total. The van der Waals surface area contributed by atoms with Gasteiger partial charge in [-0.3, -0.25) is 32.8 Å². The quantitative estimate of drug-likeness (QED) is 0.0276. The summed E-state index contributed by atoms with van der Waals surface area (Å²) in [7, 11) is 1.36. The Labute approximate surface area is 654 Å². The van der Waals surface area contributed by atoms with Crippen LogP contribution in [0.3, 0.4) is 0 Å². The van der Waals surface area contributed by atoms with Crippen LogP contribution in [0.15, 0.2) is 110 Å². The molecule has 8 N–H and O–H groups in total. The van der Waals surface area contributed by atoms with Crippen LogP contribution in [0, 0.1) is 33.5 Å². The van der Waals surface area contributed by atoms with Crippen molar-refractivity contribution < 1.29 is 70.3 Å². The summed E-state index contributed by atoms with van der Waals surface area (Å²) in [6.45, 7) is 11.3. The second-order valence-corrected chi connectivity index (χ2v) is 27.5. The van der Waals surface area contributed by atoms with Crippen molar-refractivity contribution in [1.82, 2.24) is 113 Å². The van der Waals surface area contributed by atoms with Crippen LogP contribution in [0.5, 0.6) is 0 Å². The van der Waals surface area contributed by atoms with Crippen LogP contribution in [0.1, 0.15) is 157 Å². The smallest absolute Gasteiger partial charge is 0.421 e. The summed E-state index contributed by atoms with van der Waals surface area (Å²) in [5.74, 6) is -1.53. The van der Waals surface area contributed by atoms with Gasteiger partial charge < -0.3 is 47.0 Å². The highest BCUT2D eigenvalue weighted by Crippen LogP contribution is 2.47. The highest BCUT2D eigenvalue weighted by atomic mass is 19.4. The van der Waals surface area contributed by atoms with E-state index in [1.54, 1.807) is 49.6 Å². The van der Waals surface area contributed by atoms with Gasteiger partial charge in [0.2, 0.25) is 23.8 Å². The maximum Gasteiger partial charge on any atom is 0.421 e. The maximum absolute atomic E-state index is 13.1. The van der Waals surface area contributed by atoms with Crippen LogP contribution in [0.4, 0.5) is 136 Å². The number of rotatable bonds is 23. The number of halogens is 15.